The molecule has 4 aliphatic rings. The number of rotatable bonds is 4. The van der Waals surface area contributed by atoms with Crippen LogP contribution in [0.25, 0.3) is 33.4 Å². The Hall–Kier alpha value is -6.38. The molecule has 0 amide bonds. The lowest BCUT2D eigenvalue weighted by atomic mass is 9.59. The van der Waals surface area contributed by atoms with Crippen molar-refractivity contribution in [3.8, 4) is 33.4 Å². The highest BCUT2D eigenvalue weighted by molar-refractivity contribution is 9.11. The summed E-state index contributed by atoms with van der Waals surface area (Å²) in [5.41, 5.74) is 29.4. The van der Waals surface area contributed by atoms with Crippen molar-refractivity contribution >= 4 is 60.4 Å². The molecule has 0 radical (unpaired) electrons. The summed E-state index contributed by atoms with van der Waals surface area (Å²) in [6.45, 7) is 37.7. The third kappa shape index (κ3) is 10.4. The van der Waals surface area contributed by atoms with Crippen LogP contribution in [0, 0.1) is 0 Å². The highest BCUT2D eigenvalue weighted by atomic mass is 79.9. The molecule has 2 N–H and O–H groups in total. The van der Waals surface area contributed by atoms with Crippen LogP contribution >= 0.6 is 47.8 Å². The first-order valence-electron chi connectivity index (χ1n) is 31.8. The topological polar surface area (TPSA) is 40.5 Å². The predicted octanol–water partition coefficient (Wildman–Crippen LogP) is 21.9. The Kier molecular flexibility index (Phi) is 15.9. The molecule has 10 aromatic rings. The van der Waals surface area contributed by atoms with E-state index in [9.17, 15) is 10.0 Å². The van der Waals surface area contributed by atoms with Crippen LogP contribution < -0.4 is 5.46 Å². The van der Waals surface area contributed by atoms with E-state index < -0.39 is 7.12 Å². The van der Waals surface area contributed by atoms with Crippen molar-refractivity contribution in [1.29, 1.82) is 0 Å². The molecule has 2 nitrogen and oxygen atoms in total. The molecule has 14 rings (SSSR count). The van der Waals surface area contributed by atoms with Crippen LogP contribution in [0.5, 0.6) is 0 Å². The van der Waals surface area contributed by atoms with Crippen LogP contribution in [-0.2, 0) is 43.3 Å². The molecular weight excluding hydrogens is 1290 g/mol. The maximum Gasteiger partial charge on any atom is 0.488 e. The zero-order valence-corrected chi connectivity index (χ0v) is 60.0. The molecular formula is C84H84BBr3O2. The van der Waals surface area contributed by atoms with Gasteiger partial charge in [-0.15, -0.1) is 0 Å². The monoisotopic (exact) mass is 1370 g/mol. The van der Waals surface area contributed by atoms with E-state index >= 15 is 0 Å². The molecule has 90 heavy (non-hydrogen) atoms. The van der Waals surface area contributed by atoms with E-state index in [0.29, 0.717) is 5.46 Å². The fraction of sp³-hybridized carbons (Fsp3) is 0.286. The van der Waals surface area contributed by atoms with Crippen molar-refractivity contribution in [2.24, 2.45) is 0 Å². The summed E-state index contributed by atoms with van der Waals surface area (Å²) in [6.07, 6.45) is 0. The van der Waals surface area contributed by atoms with Gasteiger partial charge in [0.1, 0.15) is 0 Å². The van der Waals surface area contributed by atoms with Crippen LogP contribution in [-0.4, -0.2) is 17.2 Å². The van der Waals surface area contributed by atoms with Gasteiger partial charge < -0.3 is 10.0 Å². The van der Waals surface area contributed by atoms with E-state index in [1.165, 1.54) is 122 Å². The lowest BCUT2D eigenvalue weighted by Gasteiger charge is -2.44. The largest absolute Gasteiger partial charge is 0.488 e. The SMILES string of the molecule is Brc1cc(Br)cc(Br)c1.CC1(C)c2ccccc2C(C)(C)c2cc(-c3cc(-c4ccc5c(c4)C(C)(C)c4ccccc4C5(C)C)cc(-c4ccc5c(c4)C(C)(C)c4ccccc4C5(C)C)c3)ccc21.CC1(C)c2ccccc2C(C)(C)c2cc(B(O)O)ccc21. The minimum Gasteiger partial charge on any atom is -0.423 e. The summed E-state index contributed by atoms with van der Waals surface area (Å²) in [4.78, 5) is 0. The number of hydrogen-bond acceptors (Lipinski definition) is 2. The van der Waals surface area contributed by atoms with Gasteiger partial charge in [0.05, 0.1) is 0 Å². The molecule has 10 aromatic carbocycles. The third-order valence-corrected chi connectivity index (χ3v) is 23.0. The first kappa shape index (κ1) is 63.8. The molecule has 0 saturated heterocycles. The van der Waals surface area contributed by atoms with Gasteiger partial charge in [-0.2, -0.15) is 0 Å². The van der Waals surface area contributed by atoms with Crippen molar-refractivity contribution < 1.29 is 10.0 Å². The zero-order chi connectivity index (χ0) is 64.6. The fourth-order valence-corrected chi connectivity index (χ4v) is 18.6. The quantitative estimate of drug-likeness (QED) is 0.172. The van der Waals surface area contributed by atoms with Gasteiger partial charge in [0, 0.05) is 56.7 Å². The molecule has 0 saturated carbocycles. The van der Waals surface area contributed by atoms with Crippen molar-refractivity contribution in [3.63, 3.8) is 0 Å². The van der Waals surface area contributed by atoms with Gasteiger partial charge in [-0.25, -0.2) is 0 Å². The third-order valence-electron chi connectivity index (χ3n) is 21.6. The van der Waals surface area contributed by atoms with Crippen LogP contribution in [0.2, 0.25) is 0 Å². The summed E-state index contributed by atoms with van der Waals surface area (Å²) in [5, 5.41) is 19.0. The van der Waals surface area contributed by atoms with E-state index in [-0.39, 0.29) is 43.3 Å². The van der Waals surface area contributed by atoms with Gasteiger partial charge in [0.15, 0.2) is 0 Å². The molecule has 6 heteroatoms. The van der Waals surface area contributed by atoms with Gasteiger partial charge in [0.2, 0.25) is 0 Å². The minimum atomic E-state index is -1.42. The highest BCUT2D eigenvalue weighted by Crippen LogP contribution is 2.55. The average Bonchev–Trinajstić information content (AvgIpc) is 0.786. The van der Waals surface area contributed by atoms with Crippen molar-refractivity contribution in [2.75, 3.05) is 0 Å². The predicted molar refractivity (Wildman–Crippen MR) is 391 cm³/mol. The van der Waals surface area contributed by atoms with E-state index in [0.717, 1.165) is 13.4 Å². The second-order valence-electron chi connectivity index (χ2n) is 30.0. The Bertz CT molecular complexity index is 4130. The van der Waals surface area contributed by atoms with Crippen LogP contribution in [0.3, 0.4) is 0 Å². The summed E-state index contributed by atoms with van der Waals surface area (Å²) >= 11 is 10.1. The maximum absolute atomic E-state index is 9.48. The molecule has 4 aliphatic carbocycles. The summed E-state index contributed by atoms with van der Waals surface area (Å²) in [7, 11) is -1.42. The standard InChI is InChI=1S/C60H60.C18H21BO2.C6H3Br3/c1-55(2)43-19-13-16-22-46(43)58(7,8)52-34-37(25-28-49(52)55)40-31-41(38-26-29-50-53(35-38)59(9,10)47-23-17-14-20-44(47)56(50,3)4)33-42(32-40)39-27-30-51-54(36-39)60(11,12)48-24-18-15-21-45(48)57(51,5)6;1-17(2)13-7-5-6-8-14(13)18(3,4)16-11-12(19(20)21)9-10-15(16)17;7-4-1-5(8)3-6(9)2-4/h13-36H,1-12H3;5-11,20-21H,1-4H3;1-3H. The van der Waals surface area contributed by atoms with E-state index in [1.54, 1.807) is 0 Å². The summed E-state index contributed by atoms with van der Waals surface area (Å²) in [5.74, 6) is 0. The number of hydrogen-bond donors (Lipinski definition) is 2. The maximum atomic E-state index is 9.48. The van der Waals surface area contributed by atoms with Gasteiger partial charge in [-0.3, -0.25) is 0 Å². The number of fused-ring (bicyclic) bond motifs is 8. The molecule has 0 atom stereocenters. The Morgan fingerprint density at radius 3 is 0.622 bits per heavy atom. The highest BCUT2D eigenvalue weighted by Gasteiger charge is 2.46. The average molecular weight is 1380 g/mol. The molecule has 0 spiro atoms. The Morgan fingerprint density at radius 1 is 0.211 bits per heavy atom. The molecule has 0 fully saturated rings. The van der Waals surface area contributed by atoms with Crippen molar-refractivity contribution in [2.45, 2.75) is 154 Å². The Balaban J connectivity index is 0.000000213. The number of benzene rings is 10. The molecule has 0 heterocycles. The molecule has 0 bridgehead atoms. The van der Waals surface area contributed by atoms with Gasteiger partial charge in [-0.1, -0.05) is 310 Å². The molecule has 0 aliphatic heterocycles. The van der Waals surface area contributed by atoms with Crippen LogP contribution in [0.4, 0.5) is 0 Å². The van der Waals surface area contributed by atoms with E-state index in [1.807, 2.05) is 36.4 Å². The van der Waals surface area contributed by atoms with Gasteiger partial charge in [0.25, 0.3) is 0 Å². The Labute approximate surface area is 562 Å². The first-order valence-corrected chi connectivity index (χ1v) is 34.2. The molecule has 456 valence electrons. The fourth-order valence-electron chi connectivity index (χ4n) is 16.2. The minimum absolute atomic E-state index is 0.0830. The Morgan fingerprint density at radius 2 is 0.400 bits per heavy atom. The lowest BCUT2D eigenvalue weighted by molar-refractivity contribution is 0.425. The van der Waals surface area contributed by atoms with E-state index in [2.05, 4.69) is 328 Å². The van der Waals surface area contributed by atoms with Crippen molar-refractivity contribution in [1.82, 2.24) is 0 Å². The zero-order valence-electron chi connectivity index (χ0n) is 55.2. The van der Waals surface area contributed by atoms with E-state index in [4.69, 9.17) is 0 Å². The molecule has 0 unspecified atom stereocenters. The first-order chi connectivity index (χ1) is 42.2. The normalized spacial score (nSPS) is 17.7. The van der Waals surface area contributed by atoms with Gasteiger partial charge in [-0.05, 0) is 182 Å². The second-order valence-corrected chi connectivity index (χ2v) is 32.8. The lowest BCUT2D eigenvalue weighted by Crippen LogP contribution is -2.39. The van der Waals surface area contributed by atoms with Crippen molar-refractivity contribution in [3.05, 3.63) is 309 Å². The number of halogens is 3. The second kappa shape index (κ2) is 22.4. The summed E-state index contributed by atoms with van der Waals surface area (Å²) in [6, 6.07) is 77.0. The van der Waals surface area contributed by atoms with Gasteiger partial charge >= 0.3 is 7.12 Å². The summed E-state index contributed by atoms with van der Waals surface area (Å²) < 4.78 is 3.22. The smallest absolute Gasteiger partial charge is 0.423 e. The van der Waals surface area contributed by atoms with Crippen LogP contribution in [0.1, 0.15) is 200 Å². The molecule has 0 aromatic heterocycles. The van der Waals surface area contributed by atoms with Crippen LogP contribution in [0.15, 0.2) is 220 Å².